The van der Waals surface area contributed by atoms with Gasteiger partial charge in [0.05, 0.1) is 18.7 Å². The molecule has 0 saturated heterocycles. The standard InChI is InChI=1S/C9H19N3O5S/c1-9(2,12-18(3,16)17)5-11-8(15)6(10)4-7(13)14/h6,12H,4-5,10H2,1-3H3,(H,11,15)(H,13,14). The third-order valence-corrected chi connectivity index (χ3v) is 2.82. The Kier molecular flexibility index (Phi) is 5.71. The summed E-state index contributed by atoms with van der Waals surface area (Å²) in [5.74, 6) is -1.81. The maximum Gasteiger partial charge on any atom is 0.305 e. The number of amides is 1. The van der Waals surface area contributed by atoms with E-state index in [9.17, 15) is 18.0 Å². The highest BCUT2D eigenvalue weighted by molar-refractivity contribution is 7.88. The Morgan fingerprint density at radius 2 is 1.89 bits per heavy atom. The van der Waals surface area contributed by atoms with Crippen molar-refractivity contribution in [3.05, 3.63) is 0 Å². The second-order valence-electron chi connectivity index (χ2n) is 4.68. The topological polar surface area (TPSA) is 139 Å². The highest BCUT2D eigenvalue weighted by Gasteiger charge is 2.24. The lowest BCUT2D eigenvalue weighted by molar-refractivity contribution is -0.139. The molecule has 0 rings (SSSR count). The molecule has 0 fully saturated rings. The highest BCUT2D eigenvalue weighted by Crippen LogP contribution is 2.02. The fraction of sp³-hybridized carbons (Fsp3) is 0.778. The van der Waals surface area contributed by atoms with E-state index >= 15 is 0 Å². The number of hydrogen-bond acceptors (Lipinski definition) is 5. The van der Waals surface area contributed by atoms with Gasteiger partial charge < -0.3 is 16.2 Å². The number of nitrogens with one attached hydrogen (secondary N) is 2. The summed E-state index contributed by atoms with van der Waals surface area (Å²) >= 11 is 0. The van der Waals surface area contributed by atoms with E-state index in [0.717, 1.165) is 6.26 Å². The molecule has 0 aromatic heterocycles. The van der Waals surface area contributed by atoms with Crippen LogP contribution in [0.5, 0.6) is 0 Å². The number of carboxylic acid groups (broad SMARTS) is 1. The molecule has 9 heteroatoms. The van der Waals surface area contributed by atoms with Gasteiger partial charge in [-0.05, 0) is 13.8 Å². The van der Waals surface area contributed by atoms with E-state index in [2.05, 4.69) is 10.0 Å². The van der Waals surface area contributed by atoms with Crippen LogP contribution in [0.15, 0.2) is 0 Å². The SMILES string of the molecule is CC(C)(CNC(=O)C(N)CC(=O)O)NS(C)(=O)=O. The molecule has 1 atom stereocenters. The van der Waals surface area contributed by atoms with Gasteiger partial charge in [-0.3, -0.25) is 9.59 Å². The molecule has 0 spiro atoms. The van der Waals surface area contributed by atoms with Gasteiger partial charge in [0, 0.05) is 12.1 Å². The fourth-order valence-corrected chi connectivity index (χ4v) is 2.33. The van der Waals surface area contributed by atoms with Crippen LogP contribution in [0.25, 0.3) is 0 Å². The van der Waals surface area contributed by atoms with Crippen LogP contribution in [-0.4, -0.2) is 49.8 Å². The summed E-state index contributed by atoms with van der Waals surface area (Å²) in [4.78, 5) is 21.8. The molecule has 106 valence electrons. The third kappa shape index (κ3) is 7.98. The van der Waals surface area contributed by atoms with Crippen molar-refractivity contribution < 1.29 is 23.1 Å². The molecule has 18 heavy (non-hydrogen) atoms. The molecule has 0 saturated carbocycles. The summed E-state index contributed by atoms with van der Waals surface area (Å²) in [6.07, 6.45) is 0.526. The Morgan fingerprint density at radius 1 is 1.39 bits per heavy atom. The first-order chi connectivity index (χ1) is 7.93. The number of carbonyl (C=O) groups is 2. The average molecular weight is 281 g/mol. The van der Waals surface area contributed by atoms with Gasteiger partial charge in [-0.15, -0.1) is 0 Å². The first-order valence-corrected chi connectivity index (χ1v) is 7.06. The number of aliphatic carboxylic acids is 1. The number of sulfonamides is 1. The Balaban J connectivity index is 4.31. The Labute approximate surface area is 106 Å². The van der Waals surface area contributed by atoms with Crippen LogP contribution in [-0.2, 0) is 19.6 Å². The van der Waals surface area contributed by atoms with Crippen LogP contribution in [0, 0.1) is 0 Å². The maximum absolute atomic E-state index is 11.4. The summed E-state index contributed by atoms with van der Waals surface area (Å²) in [6, 6.07) is -1.16. The van der Waals surface area contributed by atoms with Crippen LogP contribution in [0.3, 0.4) is 0 Å². The number of carbonyl (C=O) groups excluding carboxylic acids is 1. The quantitative estimate of drug-likeness (QED) is 0.435. The zero-order chi connectivity index (χ0) is 14.6. The number of nitrogens with two attached hydrogens (primary N) is 1. The third-order valence-electron chi connectivity index (χ3n) is 1.90. The molecule has 1 unspecified atom stereocenters. The van der Waals surface area contributed by atoms with Gasteiger partial charge in [0.15, 0.2) is 0 Å². The van der Waals surface area contributed by atoms with E-state index in [1.165, 1.54) is 0 Å². The van der Waals surface area contributed by atoms with Gasteiger partial charge in [0.2, 0.25) is 15.9 Å². The average Bonchev–Trinajstić information content (AvgIpc) is 2.09. The van der Waals surface area contributed by atoms with Gasteiger partial charge in [0.1, 0.15) is 0 Å². The predicted molar refractivity (Wildman–Crippen MR) is 65.3 cm³/mol. The van der Waals surface area contributed by atoms with Crippen LogP contribution >= 0.6 is 0 Å². The molecule has 0 heterocycles. The Morgan fingerprint density at radius 3 is 2.28 bits per heavy atom. The largest absolute Gasteiger partial charge is 0.481 e. The minimum atomic E-state index is -3.40. The molecule has 0 aliphatic rings. The molecule has 8 nitrogen and oxygen atoms in total. The first-order valence-electron chi connectivity index (χ1n) is 5.17. The fourth-order valence-electron chi connectivity index (χ4n) is 1.26. The number of rotatable bonds is 7. The van der Waals surface area contributed by atoms with Crippen molar-refractivity contribution in [2.45, 2.75) is 31.8 Å². The lowest BCUT2D eigenvalue weighted by atomic mass is 10.1. The van der Waals surface area contributed by atoms with Crippen molar-refractivity contribution in [2.75, 3.05) is 12.8 Å². The molecule has 0 bridgehead atoms. The molecular weight excluding hydrogens is 262 g/mol. The van der Waals surface area contributed by atoms with Crippen LogP contribution in [0.4, 0.5) is 0 Å². The molecule has 0 aliphatic heterocycles. The maximum atomic E-state index is 11.4. The lowest BCUT2D eigenvalue weighted by Crippen LogP contribution is -2.53. The van der Waals surface area contributed by atoms with Crippen LogP contribution in [0.2, 0.25) is 0 Å². The molecule has 0 aliphatic carbocycles. The molecular formula is C9H19N3O5S. The van der Waals surface area contributed by atoms with E-state index in [1.807, 2.05) is 0 Å². The van der Waals surface area contributed by atoms with Crippen LogP contribution in [0.1, 0.15) is 20.3 Å². The minimum Gasteiger partial charge on any atom is -0.481 e. The first kappa shape index (κ1) is 16.8. The zero-order valence-electron chi connectivity index (χ0n) is 10.6. The van der Waals surface area contributed by atoms with Crippen molar-refractivity contribution in [1.82, 2.24) is 10.0 Å². The van der Waals surface area contributed by atoms with Gasteiger partial charge in [-0.2, -0.15) is 0 Å². The summed E-state index contributed by atoms with van der Waals surface area (Å²) < 4.78 is 24.4. The lowest BCUT2D eigenvalue weighted by Gasteiger charge is -2.25. The number of carboxylic acids is 1. The second kappa shape index (κ2) is 6.12. The van der Waals surface area contributed by atoms with Crippen molar-refractivity contribution in [2.24, 2.45) is 5.73 Å². The molecule has 5 N–H and O–H groups in total. The normalized spacial score (nSPS) is 14.0. The van der Waals surface area contributed by atoms with Crippen molar-refractivity contribution in [3.63, 3.8) is 0 Å². The molecule has 0 radical (unpaired) electrons. The number of hydrogen-bond donors (Lipinski definition) is 4. The van der Waals surface area contributed by atoms with Gasteiger partial charge >= 0.3 is 5.97 Å². The van der Waals surface area contributed by atoms with E-state index in [0.29, 0.717) is 0 Å². The van der Waals surface area contributed by atoms with Crippen LogP contribution < -0.4 is 15.8 Å². The highest BCUT2D eigenvalue weighted by atomic mass is 32.2. The molecule has 0 aromatic rings. The van der Waals surface area contributed by atoms with Gasteiger partial charge in [-0.25, -0.2) is 13.1 Å². The predicted octanol–water partition coefficient (Wildman–Crippen LogP) is -1.77. The smallest absolute Gasteiger partial charge is 0.305 e. The van der Waals surface area contributed by atoms with E-state index < -0.39 is 39.9 Å². The molecule has 0 aromatic carbocycles. The summed E-state index contributed by atoms with van der Waals surface area (Å²) in [5.41, 5.74) is 4.46. The Hall–Kier alpha value is -1.19. The van der Waals surface area contributed by atoms with Gasteiger partial charge in [0.25, 0.3) is 0 Å². The summed E-state index contributed by atoms with van der Waals surface area (Å²) in [7, 11) is -3.40. The Bertz CT molecular complexity index is 418. The summed E-state index contributed by atoms with van der Waals surface area (Å²) in [5, 5.41) is 10.9. The molecule has 1 amide bonds. The zero-order valence-corrected chi connectivity index (χ0v) is 11.4. The van der Waals surface area contributed by atoms with E-state index in [4.69, 9.17) is 10.8 Å². The van der Waals surface area contributed by atoms with Gasteiger partial charge in [-0.1, -0.05) is 0 Å². The minimum absolute atomic E-state index is 0.00617. The monoisotopic (exact) mass is 281 g/mol. The van der Waals surface area contributed by atoms with Crippen molar-refractivity contribution in [3.8, 4) is 0 Å². The second-order valence-corrected chi connectivity index (χ2v) is 6.43. The van der Waals surface area contributed by atoms with E-state index in [-0.39, 0.29) is 6.54 Å². The van der Waals surface area contributed by atoms with Crippen molar-refractivity contribution >= 4 is 21.9 Å². The summed E-state index contributed by atoms with van der Waals surface area (Å²) in [6.45, 7) is 3.17. The van der Waals surface area contributed by atoms with Crippen molar-refractivity contribution in [1.29, 1.82) is 0 Å². The van der Waals surface area contributed by atoms with E-state index in [1.54, 1.807) is 13.8 Å².